The summed E-state index contributed by atoms with van der Waals surface area (Å²) < 4.78 is 5.56. The maximum absolute atomic E-state index is 10.5. The topological polar surface area (TPSA) is 69.1 Å². The van der Waals surface area contributed by atoms with E-state index in [1.54, 1.807) is 0 Å². The van der Waals surface area contributed by atoms with E-state index >= 15 is 0 Å². The summed E-state index contributed by atoms with van der Waals surface area (Å²) in [5.41, 5.74) is -0.366. The number of aliphatic imine (C=N–C) groups is 1. The first-order valence-electron chi connectivity index (χ1n) is 9.73. The zero-order valence-electron chi connectivity index (χ0n) is 15.6. The van der Waals surface area contributed by atoms with Gasteiger partial charge in [0.1, 0.15) is 0 Å². The minimum atomic E-state index is -0.588. The van der Waals surface area contributed by atoms with Crippen molar-refractivity contribution < 1.29 is 9.84 Å². The standard InChI is InChI=1S/C18H34N4O2S/c1-19-16(21-14-18(23)7-12-25-15-18)20-13-17(5-3-2-4-6-17)22-8-10-24-11-9-22/h23H,2-15H2,1H3,(H2,19,20,21). The number of thioether (sulfide) groups is 1. The highest BCUT2D eigenvalue weighted by Crippen LogP contribution is 2.34. The van der Waals surface area contributed by atoms with E-state index in [0.717, 1.165) is 56.7 Å². The van der Waals surface area contributed by atoms with Gasteiger partial charge in [-0.25, -0.2) is 0 Å². The smallest absolute Gasteiger partial charge is 0.191 e. The van der Waals surface area contributed by atoms with Crippen LogP contribution in [0, 0.1) is 0 Å². The summed E-state index contributed by atoms with van der Waals surface area (Å²) in [6.45, 7) is 5.25. The highest BCUT2D eigenvalue weighted by atomic mass is 32.2. The van der Waals surface area contributed by atoms with Gasteiger partial charge in [0.15, 0.2) is 5.96 Å². The van der Waals surface area contributed by atoms with E-state index in [4.69, 9.17) is 4.74 Å². The van der Waals surface area contributed by atoms with E-state index in [2.05, 4.69) is 20.5 Å². The van der Waals surface area contributed by atoms with Crippen molar-refractivity contribution in [2.75, 3.05) is 57.9 Å². The van der Waals surface area contributed by atoms with Gasteiger partial charge in [0.25, 0.3) is 0 Å². The summed E-state index contributed by atoms with van der Waals surface area (Å²) in [5.74, 6) is 2.67. The molecule has 25 heavy (non-hydrogen) atoms. The van der Waals surface area contributed by atoms with Crippen LogP contribution in [-0.4, -0.2) is 85.1 Å². The second kappa shape index (κ2) is 8.93. The molecule has 0 spiro atoms. The molecule has 0 aromatic carbocycles. The lowest BCUT2D eigenvalue weighted by molar-refractivity contribution is -0.0353. The van der Waals surface area contributed by atoms with Gasteiger partial charge in [0.05, 0.1) is 18.8 Å². The van der Waals surface area contributed by atoms with Crippen LogP contribution in [0.5, 0.6) is 0 Å². The molecule has 3 aliphatic rings. The van der Waals surface area contributed by atoms with E-state index in [1.807, 2.05) is 18.8 Å². The Balaban J connectivity index is 1.55. The Morgan fingerprint density at radius 3 is 2.48 bits per heavy atom. The van der Waals surface area contributed by atoms with Gasteiger partial charge >= 0.3 is 0 Å². The zero-order chi connectivity index (χ0) is 17.6. The van der Waals surface area contributed by atoms with Crippen LogP contribution in [0.1, 0.15) is 38.5 Å². The van der Waals surface area contributed by atoms with Gasteiger partial charge < -0.3 is 20.5 Å². The first kappa shape index (κ1) is 19.3. The Bertz CT molecular complexity index is 442. The monoisotopic (exact) mass is 370 g/mol. The first-order chi connectivity index (χ1) is 12.2. The lowest BCUT2D eigenvalue weighted by Gasteiger charge is -2.48. The Hall–Kier alpha value is -0.500. The van der Waals surface area contributed by atoms with Crippen LogP contribution in [0.25, 0.3) is 0 Å². The van der Waals surface area contributed by atoms with Crippen molar-refractivity contribution in [3.63, 3.8) is 0 Å². The molecular formula is C18H34N4O2S. The van der Waals surface area contributed by atoms with Crippen molar-refractivity contribution in [2.24, 2.45) is 4.99 Å². The number of morpholine rings is 1. The molecule has 144 valence electrons. The third kappa shape index (κ3) is 5.02. The van der Waals surface area contributed by atoms with Crippen LogP contribution in [0.15, 0.2) is 4.99 Å². The molecule has 2 saturated heterocycles. The highest BCUT2D eigenvalue weighted by Gasteiger charge is 2.39. The minimum absolute atomic E-state index is 0.222. The van der Waals surface area contributed by atoms with Crippen molar-refractivity contribution in [2.45, 2.75) is 49.7 Å². The first-order valence-corrected chi connectivity index (χ1v) is 10.9. The van der Waals surface area contributed by atoms with Crippen LogP contribution in [-0.2, 0) is 4.74 Å². The molecule has 0 bridgehead atoms. The summed E-state index contributed by atoms with van der Waals surface area (Å²) in [7, 11) is 1.81. The van der Waals surface area contributed by atoms with Gasteiger partial charge in [-0.3, -0.25) is 9.89 Å². The normalized spacial score (nSPS) is 31.0. The predicted molar refractivity (Wildman–Crippen MR) is 104 cm³/mol. The predicted octanol–water partition coefficient (Wildman–Crippen LogP) is 1.05. The van der Waals surface area contributed by atoms with Crippen molar-refractivity contribution >= 4 is 17.7 Å². The fourth-order valence-electron chi connectivity index (χ4n) is 4.31. The van der Waals surface area contributed by atoms with Crippen molar-refractivity contribution in [3.8, 4) is 0 Å². The largest absolute Gasteiger partial charge is 0.387 e. The SMILES string of the molecule is CN=C(NCC1(O)CCSC1)NCC1(N2CCOCC2)CCCCC1. The van der Waals surface area contributed by atoms with E-state index in [0.29, 0.717) is 6.54 Å². The maximum atomic E-state index is 10.5. The van der Waals surface area contributed by atoms with Gasteiger partial charge in [0.2, 0.25) is 0 Å². The lowest BCUT2D eigenvalue weighted by atomic mass is 9.80. The number of hydrogen-bond acceptors (Lipinski definition) is 5. The van der Waals surface area contributed by atoms with Crippen LogP contribution >= 0.6 is 11.8 Å². The average molecular weight is 371 g/mol. The Morgan fingerprint density at radius 1 is 1.12 bits per heavy atom. The number of ether oxygens (including phenoxy) is 1. The van der Waals surface area contributed by atoms with Crippen LogP contribution in [0.2, 0.25) is 0 Å². The third-order valence-corrected chi connectivity index (χ3v) is 7.18. The van der Waals surface area contributed by atoms with Crippen LogP contribution in [0.4, 0.5) is 0 Å². The van der Waals surface area contributed by atoms with Crippen molar-refractivity contribution in [1.82, 2.24) is 15.5 Å². The quantitative estimate of drug-likeness (QED) is 0.497. The second-order valence-corrected chi connectivity index (χ2v) is 8.80. The number of rotatable bonds is 5. The van der Waals surface area contributed by atoms with Crippen LogP contribution < -0.4 is 10.6 Å². The van der Waals surface area contributed by atoms with E-state index in [9.17, 15) is 5.11 Å². The van der Waals surface area contributed by atoms with Crippen LogP contribution in [0.3, 0.4) is 0 Å². The molecule has 2 heterocycles. The van der Waals surface area contributed by atoms with Gasteiger partial charge in [-0.2, -0.15) is 11.8 Å². The zero-order valence-corrected chi connectivity index (χ0v) is 16.4. The Labute approximate surface area is 156 Å². The van der Waals surface area contributed by atoms with Gasteiger partial charge in [-0.1, -0.05) is 19.3 Å². The van der Waals surface area contributed by atoms with Gasteiger partial charge in [-0.15, -0.1) is 0 Å². The van der Waals surface area contributed by atoms with Gasteiger partial charge in [-0.05, 0) is 25.0 Å². The molecule has 6 nitrogen and oxygen atoms in total. The fraction of sp³-hybridized carbons (Fsp3) is 0.944. The molecule has 3 rings (SSSR count). The molecule has 0 radical (unpaired) electrons. The minimum Gasteiger partial charge on any atom is -0.387 e. The van der Waals surface area contributed by atoms with E-state index < -0.39 is 5.60 Å². The summed E-state index contributed by atoms with van der Waals surface area (Å²) in [6, 6.07) is 0. The molecule has 0 aromatic rings. The van der Waals surface area contributed by atoms with Crippen molar-refractivity contribution in [1.29, 1.82) is 0 Å². The molecular weight excluding hydrogens is 336 g/mol. The molecule has 1 atom stereocenters. The number of nitrogens with zero attached hydrogens (tertiary/aromatic N) is 2. The average Bonchev–Trinajstić information content (AvgIpc) is 3.10. The number of nitrogens with one attached hydrogen (secondary N) is 2. The summed E-state index contributed by atoms with van der Waals surface area (Å²) in [4.78, 5) is 7.01. The third-order valence-electron chi connectivity index (χ3n) is 5.94. The highest BCUT2D eigenvalue weighted by molar-refractivity contribution is 7.99. The number of guanidine groups is 1. The van der Waals surface area contributed by atoms with E-state index in [-0.39, 0.29) is 5.54 Å². The molecule has 0 amide bonds. The molecule has 7 heteroatoms. The Morgan fingerprint density at radius 2 is 1.84 bits per heavy atom. The molecule has 3 N–H and O–H groups in total. The summed E-state index contributed by atoms with van der Waals surface area (Å²) in [6.07, 6.45) is 7.32. The number of aliphatic hydroxyl groups is 1. The summed E-state index contributed by atoms with van der Waals surface area (Å²) in [5, 5.41) is 17.4. The lowest BCUT2D eigenvalue weighted by Crippen LogP contribution is -2.61. The molecule has 2 aliphatic heterocycles. The maximum Gasteiger partial charge on any atom is 0.191 e. The molecule has 3 fully saturated rings. The van der Waals surface area contributed by atoms with Crippen molar-refractivity contribution in [3.05, 3.63) is 0 Å². The van der Waals surface area contributed by atoms with Gasteiger partial charge in [0, 0.05) is 44.5 Å². The molecule has 1 saturated carbocycles. The summed E-state index contributed by atoms with van der Waals surface area (Å²) >= 11 is 1.83. The Kier molecular flexibility index (Phi) is 6.88. The number of hydrogen-bond donors (Lipinski definition) is 3. The molecule has 1 unspecified atom stereocenters. The molecule has 0 aromatic heterocycles. The fourth-order valence-corrected chi connectivity index (χ4v) is 5.60. The molecule has 1 aliphatic carbocycles. The second-order valence-electron chi connectivity index (χ2n) is 7.69. The van der Waals surface area contributed by atoms with E-state index in [1.165, 1.54) is 32.1 Å².